The normalized spacial score (nSPS) is 10.3. The van der Waals surface area contributed by atoms with E-state index in [4.69, 9.17) is 4.74 Å². The van der Waals surface area contributed by atoms with Crippen molar-refractivity contribution in [3.63, 3.8) is 0 Å². The average molecular weight is 321 g/mol. The third-order valence-corrected chi connectivity index (χ3v) is 3.30. The van der Waals surface area contributed by atoms with E-state index in [0.29, 0.717) is 0 Å². The van der Waals surface area contributed by atoms with Crippen LogP contribution < -0.4 is 9.64 Å². The second kappa shape index (κ2) is 6.06. The van der Waals surface area contributed by atoms with Gasteiger partial charge in [0.05, 0.1) is 7.11 Å². The highest BCUT2D eigenvalue weighted by Crippen LogP contribution is 2.19. The maximum Gasteiger partial charge on any atom is 0.130 e. The van der Waals surface area contributed by atoms with Crippen molar-refractivity contribution in [2.24, 2.45) is 0 Å². The standard InChI is InChI=1S/C15H17BrN2O/c1-11-8-14(16)17-15(9-11)18(2)10-12-4-6-13(19-3)7-5-12/h4-9H,10H2,1-3H3. The summed E-state index contributed by atoms with van der Waals surface area (Å²) in [4.78, 5) is 6.61. The van der Waals surface area contributed by atoms with Crippen molar-refractivity contribution in [3.8, 4) is 5.75 Å². The number of methoxy groups -OCH3 is 1. The second-order valence-electron chi connectivity index (χ2n) is 4.53. The van der Waals surface area contributed by atoms with Gasteiger partial charge in [0, 0.05) is 13.6 Å². The number of halogens is 1. The van der Waals surface area contributed by atoms with Crippen LogP contribution in [-0.2, 0) is 6.54 Å². The van der Waals surface area contributed by atoms with Crippen LogP contribution in [0.25, 0.3) is 0 Å². The number of rotatable bonds is 4. The first-order chi connectivity index (χ1) is 9.08. The van der Waals surface area contributed by atoms with E-state index in [1.165, 1.54) is 11.1 Å². The molecule has 0 aliphatic rings. The Balaban J connectivity index is 2.13. The van der Waals surface area contributed by atoms with E-state index in [0.717, 1.165) is 22.7 Å². The van der Waals surface area contributed by atoms with Crippen LogP contribution in [0.2, 0.25) is 0 Å². The van der Waals surface area contributed by atoms with E-state index < -0.39 is 0 Å². The minimum absolute atomic E-state index is 0.812. The Bertz CT molecular complexity index is 534. The third-order valence-electron chi connectivity index (χ3n) is 2.89. The number of aromatic nitrogens is 1. The fourth-order valence-electron chi connectivity index (χ4n) is 1.89. The van der Waals surface area contributed by atoms with Crippen molar-refractivity contribution in [1.82, 2.24) is 4.98 Å². The van der Waals surface area contributed by atoms with Crippen LogP contribution in [0.15, 0.2) is 41.0 Å². The largest absolute Gasteiger partial charge is 0.497 e. The summed E-state index contributed by atoms with van der Waals surface area (Å²) in [6, 6.07) is 12.2. The average Bonchev–Trinajstić information content (AvgIpc) is 2.38. The molecular formula is C15H17BrN2O. The first kappa shape index (κ1) is 13.9. The summed E-state index contributed by atoms with van der Waals surface area (Å²) in [6.45, 7) is 2.88. The second-order valence-corrected chi connectivity index (χ2v) is 5.34. The third kappa shape index (κ3) is 3.70. The molecule has 0 bridgehead atoms. The molecule has 0 fully saturated rings. The molecule has 1 aromatic carbocycles. The molecule has 0 radical (unpaired) electrons. The van der Waals surface area contributed by atoms with Crippen LogP contribution >= 0.6 is 15.9 Å². The van der Waals surface area contributed by atoms with E-state index in [1.807, 2.05) is 25.2 Å². The fraction of sp³-hybridized carbons (Fsp3) is 0.267. The number of benzene rings is 1. The van der Waals surface area contributed by atoms with Gasteiger partial charge in [0.25, 0.3) is 0 Å². The molecule has 3 nitrogen and oxygen atoms in total. The zero-order chi connectivity index (χ0) is 13.8. The van der Waals surface area contributed by atoms with Crippen molar-refractivity contribution in [2.75, 3.05) is 19.1 Å². The first-order valence-electron chi connectivity index (χ1n) is 6.07. The Morgan fingerprint density at radius 2 is 1.89 bits per heavy atom. The first-order valence-corrected chi connectivity index (χ1v) is 6.86. The zero-order valence-electron chi connectivity index (χ0n) is 11.4. The lowest BCUT2D eigenvalue weighted by Crippen LogP contribution is -2.17. The quantitative estimate of drug-likeness (QED) is 0.801. The topological polar surface area (TPSA) is 25.4 Å². The highest BCUT2D eigenvalue weighted by atomic mass is 79.9. The van der Waals surface area contributed by atoms with Gasteiger partial charge in [-0.15, -0.1) is 0 Å². The lowest BCUT2D eigenvalue weighted by molar-refractivity contribution is 0.414. The van der Waals surface area contributed by atoms with E-state index in [2.05, 4.69) is 50.9 Å². The molecule has 0 aliphatic heterocycles. The molecule has 0 atom stereocenters. The Hall–Kier alpha value is -1.55. The smallest absolute Gasteiger partial charge is 0.130 e. The van der Waals surface area contributed by atoms with Crippen LogP contribution in [-0.4, -0.2) is 19.1 Å². The molecule has 0 spiro atoms. The maximum absolute atomic E-state index is 5.16. The molecular weight excluding hydrogens is 304 g/mol. The molecule has 0 saturated heterocycles. The van der Waals surface area contributed by atoms with Gasteiger partial charge in [-0.05, 0) is 58.2 Å². The van der Waals surface area contributed by atoms with Crippen molar-refractivity contribution in [2.45, 2.75) is 13.5 Å². The predicted octanol–water partition coefficient (Wildman–Crippen LogP) is 3.80. The minimum Gasteiger partial charge on any atom is -0.497 e. The van der Waals surface area contributed by atoms with Crippen molar-refractivity contribution < 1.29 is 4.74 Å². The number of pyridine rings is 1. The van der Waals surface area contributed by atoms with Crippen LogP contribution in [0, 0.1) is 6.92 Å². The molecule has 0 amide bonds. The van der Waals surface area contributed by atoms with Crippen LogP contribution in [0.3, 0.4) is 0 Å². The van der Waals surface area contributed by atoms with Gasteiger partial charge in [0.2, 0.25) is 0 Å². The molecule has 4 heteroatoms. The Morgan fingerprint density at radius 3 is 2.47 bits per heavy atom. The number of nitrogens with zero attached hydrogens (tertiary/aromatic N) is 2. The summed E-state index contributed by atoms with van der Waals surface area (Å²) in [5.74, 6) is 1.84. The molecule has 100 valence electrons. The molecule has 0 saturated carbocycles. The Kier molecular flexibility index (Phi) is 4.43. The van der Waals surface area contributed by atoms with Gasteiger partial charge in [0.1, 0.15) is 16.2 Å². The summed E-state index contributed by atoms with van der Waals surface area (Å²) < 4.78 is 6.02. The minimum atomic E-state index is 0.812. The summed E-state index contributed by atoms with van der Waals surface area (Å²) in [6.07, 6.45) is 0. The monoisotopic (exact) mass is 320 g/mol. The van der Waals surface area contributed by atoms with Gasteiger partial charge in [-0.25, -0.2) is 4.98 Å². The van der Waals surface area contributed by atoms with Crippen LogP contribution in [0.5, 0.6) is 5.75 Å². The number of hydrogen-bond donors (Lipinski definition) is 0. The summed E-state index contributed by atoms with van der Waals surface area (Å²) >= 11 is 3.43. The van der Waals surface area contributed by atoms with E-state index in [9.17, 15) is 0 Å². The van der Waals surface area contributed by atoms with Gasteiger partial charge in [-0.1, -0.05) is 12.1 Å². The summed E-state index contributed by atoms with van der Waals surface area (Å²) in [5.41, 5.74) is 2.42. The SMILES string of the molecule is COc1ccc(CN(C)c2cc(C)cc(Br)n2)cc1. The van der Waals surface area contributed by atoms with Crippen LogP contribution in [0.1, 0.15) is 11.1 Å². The number of hydrogen-bond acceptors (Lipinski definition) is 3. The molecule has 1 aromatic heterocycles. The van der Waals surface area contributed by atoms with Crippen molar-refractivity contribution >= 4 is 21.7 Å². The number of ether oxygens (including phenoxy) is 1. The number of aryl methyl sites for hydroxylation is 1. The lowest BCUT2D eigenvalue weighted by Gasteiger charge is -2.19. The fourth-order valence-corrected chi connectivity index (χ4v) is 2.43. The lowest BCUT2D eigenvalue weighted by atomic mass is 10.2. The highest BCUT2D eigenvalue weighted by Gasteiger charge is 2.05. The van der Waals surface area contributed by atoms with Gasteiger partial charge in [0.15, 0.2) is 0 Å². The molecule has 1 heterocycles. The Morgan fingerprint density at radius 1 is 1.21 bits per heavy atom. The molecule has 19 heavy (non-hydrogen) atoms. The van der Waals surface area contributed by atoms with Crippen molar-refractivity contribution in [3.05, 3.63) is 52.1 Å². The van der Waals surface area contributed by atoms with E-state index in [-0.39, 0.29) is 0 Å². The highest BCUT2D eigenvalue weighted by molar-refractivity contribution is 9.10. The summed E-state index contributed by atoms with van der Waals surface area (Å²) in [5, 5.41) is 0. The van der Waals surface area contributed by atoms with Gasteiger partial charge < -0.3 is 9.64 Å². The molecule has 0 N–H and O–H groups in total. The van der Waals surface area contributed by atoms with E-state index >= 15 is 0 Å². The zero-order valence-corrected chi connectivity index (χ0v) is 12.9. The predicted molar refractivity (Wildman–Crippen MR) is 81.8 cm³/mol. The van der Waals surface area contributed by atoms with E-state index in [1.54, 1.807) is 7.11 Å². The Labute approximate surface area is 122 Å². The molecule has 0 unspecified atom stereocenters. The van der Waals surface area contributed by atoms with Crippen molar-refractivity contribution in [1.29, 1.82) is 0 Å². The molecule has 2 aromatic rings. The van der Waals surface area contributed by atoms with Crippen LogP contribution in [0.4, 0.5) is 5.82 Å². The van der Waals surface area contributed by atoms with Gasteiger partial charge >= 0.3 is 0 Å². The maximum atomic E-state index is 5.16. The number of anilines is 1. The molecule has 0 aliphatic carbocycles. The molecule has 2 rings (SSSR count). The summed E-state index contributed by atoms with van der Waals surface area (Å²) in [7, 11) is 3.72. The van der Waals surface area contributed by atoms with Gasteiger partial charge in [-0.3, -0.25) is 0 Å². The van der Waals surface area contributed by atoms with Gasteiger partial charge in [-0.2, -0.15) is 0 Å².